The van der Waals surface area contributed by atoms with Crippen molar-refractivity contribution < 1.29 is 22.4 Å². The van der Waals surface area contributed by atoms with Crippen molar-refractivity contribution in [3.8, 4) is 0 Å². The highest BCUT2D eigenvalue weighted by atomic mass is 32.2. The summed E-state index contributed by atoms with van der Waals surface area (Å²) in [7, 11) is -3.78. The number of urea groups is 1. The van der Waals surface area contributed by atoms with Crippen molar-refractivity contribution in [2.24, 2.45) is 0 Å². The van der Waals surface area contributed by atoms with Crippen LogP contribution in [0.4, 0.5) is 14.9 Å². The highest BCUT2D eigenvalue weighted by Gasteiger charge is 2.29. The molecule has 1 fully saturated rings. The van der Waals surface area contributed by atoms with E-state index in [4.69, 9.17) is 0 Å². The van der Waals surface area contributed by atoms with Crippen LogP contribution < -0.4 is 10.0 Å². The lowest BCUT2D eigenvalue weighted by Gasteiger charge is -2.31. The lowest BCUT2D eigenvalue weighted by Crippen LogP contribution is -2.46. The summed E-state index contributed by atoms with van der Waals surface area (Å²) in [6.45, 7) is 2.66. The number of fused-ring (bicyclic) bond motifs is 1. The third-order valence-corrected chi connectivity index (χ3v) is 7.47. The molecule has 0 atom stereocenters. The van der Waals surface area contributed by atoms with Gasteiger partial charge >= 0.3 is 16.2 Å². The summed E-state index contributed by atoms with van der Waals surface area (Å²) < 4.78 is 40.9. The minimum Gasteiger partial charge on any atom is -0.316 e. The third-order valence-electron chi connectivity index (χ3n) is 5.88. The first-order chi connectivity index (χ1) is 15.2. The van der Waals surface area contributed by atoms with E-state index in [1.807, 2.05) is 29.0 Å². The Morgan fingerprint density at radius 1 is 1.00 bits per heavy atom. The zero-order valence-corrected chi connectivity index (χ0v) is 18.5. The van der Waals surface area contributed by atoms with Crippen molar-refractivity contribution in [1.82, 2.24) is 13.9 Å². The molecule has 0 bridgehead atoms. The summed E-state index contributed by atoms with van der Waals surface area (Å²) in [5.41, 5.74) is 3.50. The third kappa shape index (κ3) is 4.91. The zero-order chi connectivity index (χ0) is 22.9. The van der Waals surface area contributed by atoms with Crippen LogP contribution in [0.15, 0.2) is 42.5 Å². The number of halogens is 1. The summed E-state index contributed by atoms with van der Waals surface area (Å²) in [5.74, 6) is -0.707. The Labute approximate surface area is 186 Å². The Bertz CT molecular complexity index is 1130. The van der Waals surface area contributed by atoms with Gasteiger partial charge < -0.3 is 10.2 Å². The second kappa shape index (κ2) is 8.87. The largest absolute Gasteiger partial charge is 0.322 e. The molecule has 2 heterocycles. The van der Waals surface area contributed by atoms with E-state index in [-0.39, 0.29) is 17.8 Å². The standard InChI is InChI=1S/C22H25FN4O4S/c1-15(28)25-32(30,31)27-10-8-17(9-11-27)16-3-6-21(7-4-16)24-22(29)26-13-18-2-5-20(23)12-19(18)14-26/h2-7,12,17H,8-11,13-14H2,1H3,(H,24,29)(H,25,28). The van der Waals surface area contributed by atoms with E-state index in [1.54, 1.807) is 11.0 Å². The van der Waals surface area contributed by atoms with Gasteiger partial charge in [-0.25, -0.2) is 13.9 Å². The first-order valence-corrected chi connectivity index (χ1v) is 11.9. The van der Waals surface area contributed by atoms with Gasteiger partial charge in [-0.15, -0.1) is 0 Å². The Hall–Kier alpha value is -2.98. The molecule has 8 nitrogen and oxygen atoms in total. The summed E-state index contributed by atoms with van der Waals surface area (Å²) in [5, 5.41) is 2.87. The first kappa shape index (κ1) is 22.2. The lowest BCUT2D eigenvalue weighted by atomic mass is 9.90. The number of benzene rings is 2. The van der Waals surface area contributed by atoms with Gasteiger partial charge in [-0.3, -0.25) is 4.79 Å². The Morgan fingerprint density at radius 3 is 2.31 bits per heavy atom. The molecular weight excluding hydrogens is 435 g/mol. The van der Waals surface area contributed by atoms with Crippen LogP contribution in [0.3, 0.4) is 0 Å². The molecule has 2 aromatic rings. The SMILES string of the molecule is CC(=O)NS(=O)(=O)N1CCC(c2ccc(NC(=O)N3Cc4ccc(F)cc4C3)cc2)CC1. The van der Waals surface area contributed by atoms with Gasteiger partial charge in [0.25, 0.3) is 0 Å². The molecule has 1 saturated heterocycles. The number of nitrogens with one attached hydrogen (secondary N) is 2. The van der Waals surface area contributed by atoms with Crippen molar-refractivity contribution in [2.75, 3.05) is 18.4 Å². The normalized spacial score (nSPS) is 17.1. The highest BCUT2D eigenvalue weighted by Crippen LogP contribution is 2.30. The summed E-state index contributed by atoms with van der Waals surface area (Å²) in [6.07, 6.45) is 1.29. The predicted octanol–water partition coefficient (Wildman–Crippen LogP) is 2.93. The van der Waals surface area contributed by atoms with Crippen LogP contribution in [0, 0.1) is 5.82 Å². The monoisotopic (exact) mass is 460 g/mol. The molecule has 0 spiro atoms. The molecule has 2 aliphatic heterocycles. The van der Waals surface area contributed by atoms with Gasteiger partial charge in [-0.05, 0) is 59.7 Å². The summed E-state index contributed by atoms with van der Waals surface area (Å²) in [6, 6.07) is 11.9. The Balaban J connectivity index is 1.31. The van der Waals surface area contributed by atoms with Crippen molar-refractivity contribution in [3.05, 3.63) is 65.0 Å². The fraction of sp³-hybridized carbons (Fsp3) is 0.364. The van der Waals surface area contributed by atoms with Crippen molar-refractivity contribution in [3.63, 3.8) is 0 Å². The molecule has 10 heteroatoms. The minimum absolute atomic E-state index is 0.200. The summed E-state index contributed by atoms with van der Waals surface area (Å²) in [4.78, 5) is 25.3. The molecule has 32 heavy (non-hydrogen) atoms. The number of rotatable bonds is 4. The summed E-state index contributed by atoms with van der Waals surface area (Å²) >= 11 is 0. The Morgan fingerprint density at radius 2 is 1.66 bits per heavy atom. The van der Waals surface area contributed by atoms with Gasteiger partial charge in [0.15, 0.2) is 0 Å². The zero-order valence-electron chi connectivity index (χ0n) is 17.7. The second-order valence-electron chi connectivity index (χ2n) is 8.16. The van der Waals surface area contributed by atoms with Crippen LogP contribution in [-0.2, 0) is 28.1 Å². The molecule has 3 amide bonds. The van der Waals surface area contributed by atoms with E-state index in [1.165, 1.54) is 23.4 Å². The smallest absolute Gasteiger partial charge is 0.316 e. The number of piperidine rings is 1. The number of nitrogens with zero attached hydrogens (tertiary/aromatic N) is 2. The fourth-order valence-corrected chi connectivity index (χ4v) is 5.41. The number of carbonyl (C=O) groups is 2. The molecule has 2 aromatic carbocycles. The van der Waals surface area contributed by atoms with E-state index < -0.39 is 16.1 Å². The van der Waals surface area contributed by atoms with Crippen LogP contribution in [0.5, 0.6) is 0 Å². The number of amides is 3. The number of hydrogen-bond acceptors (Lipinski definition) is 4. The second-order valence-corrected chi connectivity index (χ2v) is 9.83. The topological polar surface area (TPSA) is 98.8 Å². The molecule has 2 aliphatic rings. The molecule has 170 valence electrons. The van der Waals surface area contributed by atoms with Crippen LogP contribution in [0.25, 0.3) is 0 Å². The molecule has 0 unspecified atom stereocenters. The van der Waals surface area contributed by atoms with E-state index >= 15 is 0 Å². The molecule has 0 aliphatic carbocycles. The maximum atomic E-state index is 13.4. The molecule has 0 saturated carbocycles. The van der Waals surface area contributed by atoms with Gasteiger partial charge in [0.05, 0.1) is 0 Å². The predicted molar refractivity (Wildman–Crippen MR) is 117 cm³/mol. The van der Waals surface area contributed by atoms with Gasteiger partial charge in [-0.2, -0.15) is 12.7 Å². The van der Waals surface area contributed by atoms with Crippen LogP contribution in [0.1, 0.15) is 42.4 Å². The molecule has 4 rings (SSSR count). The lowest BCUT2D eigenvalue weighted by molar-refractivity contribution is -0.117. The van der Waals surface area contributed by atoms with Gasteiger partial charge in [0.2, 0.25) is 5.91 Å². The Kier molecular flexibility index (Phi) is 6.16. The van der Waals surface area contributed by atoms with E-state index in [2.05, 4.69) is 5.32 Å². The molecule has 2 N–H and O–H groups in total. The maximum absolute atomic E-state index is 13.4. The van der Waals surface area contributed by atoms with Crippen molar-refractivity contribution in [2.45, 2.75) is 38.8 Å². The van der Waals surface area contributed by atoms with Crippen LogP contribution in [0.2, 0.25) is 0 Å². The maximum Gasteiger partial charge on any atom is 0.322 e. The average molecular weight is 461 g/mol. The quantitative estimate of drug-likeness (QED) is 0.733. The molecule has 0 aromatic heterocycles. The number of anilines is 1. The number of hydrogen-bond donors (Lipinski definition) is 2. The van der Waals surface area contributed by atoms with Gasteiger partial charge in [-0.1, -0.05) is 18.2 Å². The molecule has 0 radical (unpaired) electrons. The van der Waals surface area contributed by atoms with E-state index in [0.29, 0.717) is 44.7 Å². The van der Waals surface area contributed by atoms with Crippen LogP contribution >= 0.6 is 0 Å². The van der Waals surface area contributed by atoms with E-state index in [0.717, 1.165) is 16.7 Å². The van der Waals surface area contributed by atoms with Gasteiger partial charge in [0.1, 0.15) is 5.82 Å². The minimum atomic E-state index is -3.78. The first-order valence-electron chi connectivity index (χ1n) is 10.4. The molecular formula is C22H25FN4O4S. The van der Waals surface area contributed by atoms with Crippen LogP contribution in [-0.4, -0.2) is 42.7 Å². The number of carbonyl (C=O) groups excluding carboxylic acids is 2. The van der Waals surface area contributed by atoms with Crippen molar-refractivity contribution in [1.29, 1.82) is 0 Å². The highest BCUT2D eigenvalue weighted by molar-refractivity contribution is 7.87. The average Bonchev–Trinajstić information content (AvgIpc) is 3.17. The van der Waals surface area contributed by atoms with Gasteiger partial charge in [0, 0.05) is 38.8 Å². The van der Waals surface area contributed by atoms with E-state index in [9.17, 15) is 22.4 Å². The fourth-order valence-electron chi connectivity index (χ4n) is 4.22. The van der Waals surface area contributed by atoms with Crippen molar-refractivity contribution >= 4 is 27.8 Å².